The lowest BCUT2D eigenvalue weighted by atomic mass is 10.0. The molecule has 1 aromatic heterocycles. The van der Waals surface area contributed by atoms with Gasteiger partial charge in [-0.1, -0.05) is 42.5 Å². The van der Waals surface area contributed by atoms with Gasteiger partial charge in [-0.2, -0.15) is 0 Å². The number of benzene rings is 2. The maximum Gasteiger partial charge on any atom is 0.231 e. The van der Waals surface area contributed by atoms with Crippen LogP contribution in [0.1, 0.15) is 5.56 Å². The predicted molar refractivity (Wildman–Crippen MR) is 78.3 cm³/mol. The first-order chi connectivity index (χ1) is 9.83. The number of amides is 1. The van der Waals surface area contributed by atoms with Crippen molar-refractivity contribution in [3.63, 3.8) is 0 Å². The van der Waals surface area contributed by atoms with Gasteiger partial charge < -0.3 is 0 Å². The first kappa shape index (κ1) is 12.3. The average Bonchev–Trinajstić information content (AvgIpc) is 2.48. The minimum Gasteiger partial charge on any atom is -0.294 e. The van der Waals surface area contributed by atoms with E-state index >= 15 is 0 Å². The van der Waals surface area contributed by atoms with Crippen LogP contribution in [0.4, 0.5) is 5.95 Å². The Morgan fingerprint density at radius 3 is 2.55 bits per heavy atom. The molecule has 0 saturated heterocycles. The van der Waals surface area contributed by atoms with Gasteiger partial charge in [0.15, 0.2) is 0 Å². The molecular weight excluding hydrogens is 250 g/mol. The summed E-state index contributed by atoms with van der Waals surface area (Å²) in [6.07, 6.45) is 3.50. The highest BCUT2D eigenvalue weighted by atomic mass is 16.1. The van der Waals surface area contributed by atoms with Crippen molar-refractivity contribution in [1.29, 1.82) is 0 Å². The molecule has 0 saturated carbocycles. The highest BCUT2D eigenvalue weighted by molar-refractivity contribution is 5.95. The molecule has 3 rings (SSSR count). The van der Waals surface area contributed by atoms with Crippen molar-refractivity contribution in [1.82, 2.24) is 9.97 Å². The van der Waals surface area contributed by atoms with Gasteiger partial charge in [-0.3, -0.25) is 10.1 Å². The Morgan fingerprint density at radius 1 is 0.950 bits per heavy atom. The Hall–Kier alpha value is -2.75. The lowest BCUT2D eigenvalue weighted by molar-refractivity contribution is -0.115. The van der Waals surface area contributed by atoms with E-state index in [1.54, 1.807) is 18.5 Å². The molecule has 20 heavy (non-hydrogen) atoms. The van der Waals surface area contributed by atoms with E-state index in [2.05, 4.69) is 15.3 Å². The summed E-state index contributed by atoms with van der Waals surface area (Å²) in [4.78, 5) is 20.0. The molecule has 0 radical (unpaired) electrons. The van der Waals surface area contributed by atoms with Crippen LogP contribution in [0, 0.1) is 0 Å². The molecule has 0 bridgehead atoms. The largest absolute Gasteiger partial charge is 0.294 e. The van der Waals surface area contributed by atoms with Gasteiger partial charge in [0.2, 0.25) is 11.9 Å². The van der Waals surface area contributed by atoms with Crippen LogP contribution in [0.2, 0.25) is 0 Å². The zero-order valence-electron chi connectivity index (χ0n) is 10.8. The standard InChI is InChI=1S/C16H13N3O/c20-15(19-16-17-9-4-10-18-16)11-13-7-3-6-12-5-1-2-8-14(12)13/h1-10H,11H2,(H,17,18,19,20). The minimum atomic E-state index is -0.118. The van der Waals surface area contributed by atoms with Crippen molar-refractivity contribution in [3.05, 3.63) is 66.5 Å². The second kappa shape index (κ2) is 5.48. The van der Waals surface area contributed by atoms with Gasteiger partial charge in [-0.25, -0.2) is 9.97 Å². The Kier molecular flexibility index (Phi) is 3.37. The van der Waals surface area contributed by atoms with Gasteiger partial charge in [-0.05, 0) is 22.4 Å². The van der Waals surface area contributed by atoms with Crippen LogP contribution in [-0.4, -0.2) is 15.9 Å². The number of carbonyl (C=O) groups excluding carboxylic acids is 1. The van der Waals surface area contributed by atoms with Crippen molar-refractivity contribution in [3.8, 4) is 0 Å². The molecule has 3 aromatic rings. The minimum absolute atomic E-state index is 0.118. The highest BCUT2D eigenvalue weighted by Crippen LogP contribution is 2.19. The van der Waals surface area contributed by atoms with Crippen LogP contribution >= 0.6 is 0 Å². The van der Waals surface area contributed by atoms with Gasteiger partial charge in [-0.15, -0.1) is 0 Å². The normalized spacial score (nSPS) is 10.4. The molecule has 0 aliphatic heterocycles. The number of aromatic nitrogens is 2. The van der Waals surface area contributed by atoms with E-state index in [-0.39, 0.29) is 5.91 Å². The lowest BCUT2D eigenvalue weighted by Gasteiger charge is -2.06. The molecule has 0 unspecified atom stereocenters. The van der Waals surface area contributed by atoms with Crippen molar-refractivity contribution < 1.29 is 4.79 Å². The van der Waals surface area contributed by atoms with Gasteiger partial charge in [0.05, 0.1) is 6.42 Å². The fourth-order valence-electron chi connectivity index (χ4n) is 2.15. The number of nitrogens with one attached hydrogen (secondary N) is 1. The van der Waals surface area contributed by atoms with E-state index in [9.17, 15) is 4.79 Å². The van der Waals surface area contributed by atoms with Crippen LogP contribution in [-0.2, 0) is 11.2 Å². The monoisotopic (exact) mass is 263 g/mol. The van der Waals surface area contributed by atoms with E-state index in [0.717, 1.165) is 16.3 Å². The number of hydrogen-bond acceptors (Lipinski definition) is 3. The van der Waals surface area contributed by atoms with Crippen LogP contribution < -0.4 is 5.32 Å². The maximum absolute atomic E-state index is 12.0. The predicted octanol–water partition coefficient (Wildman–Crippen LogP) is 2.81. The molecule has 0 spiro atoms. The number of rotatable bonds is 3. The summed E-state index contributed by atoms with van der Waals surface area (Å²) in [7, 11) is 0. The van der Waals surface area contributed by atoms with Crippen molar-refractivity contribution in [2.75, 3.05) is 5.32 Å². The van der Waals surface area contributed by atoms with Crippen LogP contribution in [0.15, 0.2) is 60.9 Å². The quantitative estimate of drug-likeness (QED) is 0.790. The summed E-state index contributed by atoms with van der Waals surface area (Å²) >= 11 is 0. The van der Waals surface area contributed by atoms with E-state index in [0.29, 0.717) is 12.4 Å². The summed E-state index contributed by atoms with van der Waals surface area (Å²) in [5.74, 6) is 0.213. The van der Waals surface area contributed by atoms with Gasteiger partial charge in [0.25, 0.3) is 0 Å². The maximum atomic E-state index is 12.0. The van der Waals surface area contributed by atoms with Crippen molar-refractivity contribution in [2.45, 2.75) is 6.42 Å². The van der Waals surface area contributed by atoms with Crippen molar-refractivity contribution >= 4 is 22.6 Å². The Balaban J connectivity index is 1.81. The number of anilines is 1. The summed E-state index contributed by atoms with van der Waals surface area (Å²) in [5.41, 5.74) is 0.997. The second-order valence-corrected chi connectivity index (χ2v) is 4.44. The SMILES string of the molecule is O=C(Cc1cccc2ccccc12)Nc1ncccn1. The molecule has 0 atom stereocenters. The molecule has 0 aliphatic carbocycles. The molecule has 4 nitrogen and oxygen atoms in total. The fraction of sp³-hybridized carbons (Fsp3) is 0.0625. The molecule has 1 N–H and O–H groups in total. The molecule has 4 heteroatoms. The molecular formula is C16H13N3O. The Labute approximate surface area is 116 Å². The molecule has 98 valence electrons. The second-order valence-electron chi connectivity index (χ2n) is 4.44. The average molecular weight is 263 g/mol. The van der Waals surface area contributed by atoms with Gasteiger partial charge in [0, 0.05) is 12.4 Å². The van der Waals surface area contributed by atoms with Gasteiger partial charge >= 0.3 is 0 Å². The summed E-state index contributed by atoms with van der Waals surface area (Å²) < 4.78 is 0. The molecule has 1 amide bonds. The number of fused-ring (bicyclic) bond motifs is 1. The smallest absolute Gasteiger partial charge is 0.231 e. The van der Waals surface area contributed by atoms with E-state index in [1.807, 2.05) is 42.5 Å². The van der Waals surface area contributed by atoms with Crippen molar-refractivity contribution in [2.24, 2.45) is 0 Å². The summed E-state index contributed by atoms with van der Waals surface area (Å²) in [6, 6.07) is 15.7. The van der Waals surface area contributed by atoms with E-state index in [4.69, 9.17) is 0 Å². The molecule has 1 heterocycles. The summed E-state index contributed by atoms with van der Waals surface area (Å²) in [5, 5.41) is 4.92. The number of carbonyl (C=O) groups is 1. The first-order valence-corrected chi connectivity index (χ1v) is 6.36. The third-order valence-corrected chi connectivity index (χ3v) is 3.05. The third-order valence-electron chi connectivity index (χ3n) is 3.05. The zero-order chi connectivity index (χ0) is 13.8. The summed E-state index contributed by atoms with van der Waals surface area (Å²) in [6.45, 7) is 0. The number of nitrogens with zero attached hydrogens (tertiary/aromatic N) is 2. The van der Waals surface area contributed by atoms with Gasteiger partial charge in [0.1, 0.15) is 0 Å². The topological polar surface area (TPSA) is 54.9 Å². The van der Waals surface area contributed by atoms with E-state index in [1.165, 1.54) is 0 Å². The Bertz CT molecular complexity index is 736. The van der Waals surface area contributed by atoms with E-state index < -0.39 is 0 Å². The molecule has 0 fully saturated rings. The van der Waals surface area contributed by atoms with Crippen LogP contribution in [0.5, 0.6) is 0 Å². The fourth-order valence-corrected chi connectivity index (χ4v) is 2.15. The Morgan fingerprint density at radius 2 is 1.70 bits per heavy atom. The lowest BCUT2D eigenvalue weighted by Crippen LogP contribution is -2.16. The number of hydrogen-bond donors (Lipinski definition) is 1. The third kappa shape index (κ3) is 2.64. The molecule has 2 aromatic carbocycles. The highest BCUT2D eigenvalue weighted by Gasteiger charge is 2.08. The van der Waals surface area contributed by atoms with Crippen LogP contribution in [0.25, 0.3) is 10.8 Å². The zero-order valence-corrected chi connectivity index (χ0v) is 10.8. The molecule has 0 aliphatic rings. The first-order valence-electron chi connectivity index (χ1n) is 6.36. The van der Waals surface area contributed by atoms with Crippen LogP contribution in [0.3, 0.4) is 0 Å².